The number of pyridine rings is 1. The summed E-state index contributed by atoms with van der Waals surface area (Å²) >= 11 is 6.32. The third kappa shape index (κ3) is 3.83. The van der Waals surface area contributed by atoms with Gasteiger partial charge < -0.3 is 15.0 Å². The molecule has 2 aromatic rings. The molecule has 1 aromatic carbocycles. The molecule has 0 spiro atoms. The third-order valence-electron chi connectivity index (χ3n) is 5.41. The van der Waals surface area contributed by atoms with Gasteiger partial charge >= 0.3 is 6.61 Å². The zero-order valence-corrected chi connectivity index (χ0v) is 15.9. The minimum absolute atomic E-state index is 0.0359. The second-order valence-corrected chi connectivity index (χ2v) is 7.46. The molecule has 2 saturated heterocycles. The number of nitrogens with one attached hydrogen (secondary N) is 1. The Bertz CT molecular complexity index is 981. The standard InChI is InChI=1S/C20H17ClF2N4O2/c21-14-8-11(15-2-1-3-18(25-15)29-20(22)23)4-6-13(14)19(28)26-16-9-12-5-7-17(16)27(12)10-24/h1-4,6,8,12,16-17,20H,5,7,9H2,(H,26,28)/t12-,16+,17+/m0/s1. The van der Waals surface area contributed by atoms with Gasteiger partial charge in [-0.15, -0.1) is 0 Å². The van der Waals surface area contributed by atoms with E-state index < -0.39 is 6.61 Å². The maximum Gasteiger partial charge on any atom is 0.388 e. The van der Waals surface area contributed by atoms with Gasteiger partial charge in [0.1, 0.15) is 0 Å². The number of ether oxygens (including phenoxy) is 1. The third-order valence-corrected chi connectivity index (χ3v) is 5.72. The van der Waals surface area contributed by atoms with Gasteiger partial charge in [-0.3, -0.25) is 4.79 Å². The minimum atomic E-state index is -2.96. The van der Waals surface area contributed by atoms with E-state index in [1.807, 2.05) is 0 Å². The van der Waals surface area contributed by atoms with Crippen LogP contribution in [0.15, 0.2) is 36.4 Å². The van der Waals surface area contributed by atoms with E-state index in [-0.39, 0.29) is 34.9 Å². The molecule has 2 aliphatic rings. The predicted molar refractivity (Wildman–Crippen MR) is 101 cm³/mol. The fraction of sp³-hybridized carbons (Fsp3) is 0.350. The van der Waals surface area contributed by atoms with Crippen molar-refractivity contribution in [1.29, 1.82) is 5.26 Å². The SMILES string of the molecule is N#CN1[C@H]2CC[C@@H]1[C@H](NC(=O)c1ccc(-c3cccc(OC(F)F)n3)cc1Cl)C2. The van der Waals surface area contributed by atoms with Crippen molar-refractivity contribution in [3.63, 3.8) is 0 Å². The maximum absolute atomic E-state index is 12.7. The van der Waals surface area contributed by atoms with Crippen LogP contribution in [0.5, 0.6) is 5.88 Å². The van der Waals surface area contributed by atoms with Crippen LogP contribution in [0.4, 0.5) is 8.78 Å². The Kier molecular flexibility index (Phi) is 5.24. The average Bonchev–Trinajstić information content (AvgIpc) is 3.24. The number of hydrogen-bond donors (Lipinski definition) is 1. The lowest BCUT2D eigenvalue weighted by Crippen LogP contribution is -2.43. The molecule has 1 aromatic heterocycles. The molecule has 2 bridgehead atoms. The van der Waals surface area contributed by atoms with E-state index in [9.17, 15) is 18.8 Å². The van der Waals surface area contributed by atoms with E-state index in [0.29, 0.717) is 16.8 Å². The van der Waals surface area contributed by atoms with E-state index in [1.54, 1.807) is 35.2 Å². The number of alkyl halides is 2. The molecule has 0 radical (unpaired) electrons. The molecule has 9 heteroatoms. The highest BCUT2D eigenvalue weighted by atomic mass is 35.5. The van der Waals surface area contributed by atoms with Gasteiger partial charge in [0.2, 0.25) is 5.88 Å². The number of fused-ring (bicyclic) bond motifs is 2. The molecule has 2 aliphatic heterocycles. The molecular weight excluding hydrogens is 402 g/mol. The molecule has 2 fully saturated rings. The quantitative estimate of drug-likeness (QED) is 0.747. The molecule has 0 aliphatic carbocycles. The smallest absolute Gasteiger partial charge is 0.388 e. The van der Waals surface area contributed by atoms with Crippen LogP contribution in [0.1, 0.15) is 29.6 Å². The molecule has 1 amide bonds. The van der Waals surface area contributed by atoms with Gasteiger partial charge in [-0.1, -0.05) is 23.7 Å². The summed E-state index contributed by atoms with van der Waals surface area (Å²) in [5, 5.41) is 12.5. The van der Waals surface area contributed by atoms with Crippen LogP contribution in [0, 0.1) is 11.5 Å². The minimum Gasteiger partial charge on any atom is -0.417 e. The Balaban J connectivity index is 1.49. The summed E-state index contributed by atoms with van der Waals surface area (Å²) in [5.74, 6) is -0.506. The van der Waals surface area contributed by atoms with Gasteiger partial charge in [-0.05, 0) is 37.5 Å². The summed E-state index contributed by atoms with van der Waals surface area (Å²) in [6.45, 7) is -2.96. The Morgan fingerprint density at radius 1 is 1.34 bits per heavy atom. The van der Waals surface area contributed by atoms with Crippen LogP contribution in [0.2, 0.25) is 5.02 Å². The summed E-state index contributed by atoms with van der Waals surface area (Å²) in [6, 6.07) is 9.45. The predicted octanol–water partition coefficient (Wildman–Crippen LogP) is 3.82. The number of halogens is 3. The second-order valence-electron chi connectivity index (χ2n) is 7.06. The molecule has 0 saturated carbocycles. The monoisotopic (exact) mass is 418 g/mol. The van der Waals surface area contributed by atoms with Crippen LogP contribution in [0.25, 0.3) is 11.3 Å². The molecule has 3 atom stereocenters. The number of amides is 1. The van der Waals surface area contributed by atoms with Gasteiger partial charge in [0.15, 0.2) is 6.19 Å². The normalized spacial score (nSPS) is 22.6. The number of carbonyl (C=O) groups excluding carboxylic acids is 1. The molecule has 0 unspecified atom stereocenters. The van der Waals surface area contributed by atoms with E-state index >= 15 is 0 Å². The highest BCUT2D eigenvalue weighted by Crippen LogP contribution is 2.37. The first kappa shape index (κ1) is 19.4. The zero-order valence-electron chi connectivity index (χ0n) is 15.2. The lowest BCUT2D eigenvalue weighted by atomic mass is 9.95. The van der Waals surface area contributed by atoms with Gasteiger partial charge in [0.05, 0.1) is 28.4 Å². The number of hydrogen-bond acceptors (Lipinski definition) is 5. The molecule has 29 heavy (non-hydrogen) atoms. The number of nitrogens with zero attached hydrogens (tertiary/aromatic N) is 3. The van der Waals surface area contributed by atoms with Gasteiger partial charge in [0, 0.05) is 17.7 Å². The van der Waals surface area contributed by atoms with E-state index in [1.165, 1.54) is 6.07 Å². The summed E-state index contributed by atoms with van der Waals surface area (Å²) < 4.78 is 29.1. The zero-order chi connectivity index (χ0) is 20.5. The van der Waals surface area contributed by atoms with Crippen LogP contribution < -0.4 is 10.1 Å². The fourth-order valence-corrected chi connectivity index (χ4v) is 4.40. The lowest BCUT2D eigenvalue weighted by Gasteiger charge is -2.22. The Morgan fingerprint density at radius 2 is 2.17 bits per heavy atom. The van der Waals surface area contributed by atoms with Crippen LogP contribution in [-0.4, -0.2) is 40.5 Å². The molecular formula is C20H17ClF2N4O2. The molecule has 1 N–H and O–H groups in total. The van der Waals surface area contributed by atoms with E-state index in [4.69, 9.17) is 11.6 Å². The van der Waals surface area contributed by atoms with Crippen molar-refractivity contribution >= 4 is 17.5 Å². The van der Waals surface area contributed by atoms with Crippen LogP contribution >= 0.6 is 11.6 Å². The summed E-state index contributed by atoms with van der Waals surface area (Å²) in [5.41, 5.74) is 1.28. The summed E-state index contributed by atoms with van der Waals surface area (Å²) in [7, 11) is 0. The van der Waals surface area contributed by atoms with Crippen LogP contribution in [-0.2, 0) is 0 Å². The number of rotatable bonds is 5. The molecule has 4 rings (SSSR count). The Labute approximate surface area is 171 Å². The van der Waals surface area contributed by atoms with Crippen molar-refractivity contribution in [1.82, 2.24) is 15.2 Å². The van der Waals surface area contributed by atoms with Gasteiger partial charge in [-0.25, -0.2) is 4.98 Å². The van der Waals surface area contributed by atoms with E-state index in [0.717, 1.165) is 19.3 Å². The topological polar surface area (TPSA) is 78.2 Å². The molecule has 3 heterocycles. The highest BCUT2D eigenvalue weighted by Gasteiger charge is 2.46. The fourth-order valence-electron chi connectivity index (χ4n) is 4.14. The number of carbonyl (C=O) groups is 1. The van der Waals surface area contributed by atoms with Crippen molar-refractivity contribution in [2.75, 3.05) is 0 Å². The van der Waals surface area contributed by atoms with Crippen molar-refractivity contribution in [3.8, 4) is 23.3 Å². The van der Waals surface area contributed by atoms with Crippen molar-refractivity contribution in [3.05, 3.63) is 47.0 Å². The lowest BCUT2D eigenvalue weighted by molar-refractivity contribution is -0.0527. The first-order valence-electron chi connectivity index (χ1n) is 9.17. The van der Waals surface area contributed by atoms with Crippen LogP contribution in [0.3, 0.4) is 0 Å². The largest absolute Gasteiger partial charge is 0.417 e. The Morgan fingerprint density at radius 3 is 2.86 bits per heavy atom. The number of nitriles is 1. The number of aromatic nitrogens is 1. The second kappa shape index (κ2) is 7.84. The first-order chi connectivity index (χ1) is 14.0. The van der Waals surface area contributed by atoms with Crippen molar-refractivity contribution in [2.45, 2.75) is 44.0 Å². The van der Waals surface area contributed by atoms with Gasteiger partial charge in [0.25, 0.3) is 5.91 Å². The first-order valence-corrected chi connectivity index (χ1v) is 9.55. The maximum atomic E-state index is 12.7. The van der Waals surface area contributed by atoms with Gasteiger partial charge in [-0.2, -0.15) is 14.0 Å². The highest BCUT2D eigenvalue weighted by molar-refractivity contribution is 6.34. The average molecular weight is 419 g/mol. The van der Waals surface area contributed by atoms with E-state index in [2.05, 4.69) is 21.2 Å². The number of benzene rings is 1. The summed E-state index contributed by atoms with van der Waals surface area (Å²) in [6.07, 6.45) is 4.83. The summed E-state index contributed by atoms with van der Waals surface area (Å²) in [4.78, 5) is 18.5. The Hall–Kier alpha value is -2.92. The molecule has 6 nitrogen and oxygen atoms in total. The van der Waals surface area contributed by atoms with Crippen molar-refractivity contribution in [2.24, 2.45) is 0 Å². The molecule has 150 valence electrons. The van der Waals surface area contributed by atoms with Crippen molar-refractivity contribution < 1.29 is 18.3 Å².